The molecule has 0 aliphatic carbocycles. The van der Waals surface area contributed by atoms with Gasteiger partial charge in [-0.05, 0) is 33.6 Å². The van der Waals surface area contributed by atoms with Crippen LogP contribution in [-0.4, -0.2) is 44.2 Å². The summed E-state index contributed by atoms with van der Waals surface area (Å²) in [6, 6.07) is 4.20. The minimum atomic E-state index is -0.547. The second kappa shape index (κ2) is 6.45. The number of halogens is 2. The first-order valence-electron chi connectivity index (χ1n) is 6.11. The largest absolute Gasteiger partial charge is 0.468 e. The Morgan fingerprint density at radius 2 is 2.16 bits per heavy atom. The summed E-state index contributed by atoms with van der Waals surface area (Å²) in [5, 5.41) is 3.22. The minimum absolute atomic E-state index is 0.358. The zero-order valence-electron chi connectivity index (χ0n) is 10.7. The fourth-order valence-corrected chi connectivity index (χ4v) is 2.48. The van der Waals surface area contributed by atoms with Crippen LogP contribution in [0.4, 0.5) is 4.39 Å². The van der Waals surface area contributed by atoms with E-state index in [2.05, 4.69) is 21.2 Å². The zero-order valence-corrected chi connectivity index (χ0v) is 12.2. The molecule has 1 fully saturated rings. The van der Waals surface area contributed by atoms with Crippen LogP contribution in [0.25, 0.3) is 0 Å². The highest BCUT2D eigenvalue weighted by molar-refractivity contribution is 9.10. The molecule has 0 bridgehead atoms. The number of hydrogen-bond donors (Lipinski definition) is 1. The molecule has 1 aromatic rings. The maximum Gasteiger partial charge on any atom is 0.327 e. The Balaban J connectivity index is 2.30. The lowest BCUT2D eigenvalue weighted by molar-refractivity contribution is -0.147. The maximum absolute atomic E-state index is 13.6. The van der Waals surface area contributed by atoms with E-state index in [9.17, 15) is 9.18 Å². The predicted molar refractivity (Wildman–Crippen MR) is 73.3 cm³/mol. The number of piperazine rings is 1. The first-order valence-corrected chi connectivity index (χ1v) is 6.90. The Morgan fingerprint density at radius 1 is 1.47 bits per heavy atom. The Hall–Kier alpha value is -0.980. The molecule has 6 heteroatoms. The molecule has 104 valence electrons. The number of carbonyl (C=O) groups is 1. The van der Waals surface area contributed by atoms with Gasteiger partial charge in [0.15, 0.2) is 0 Å². The molecule has 0 amide bonds. The number of rotatable bonds is 3. The van der Waals surface area contributed by atoms with Crippen molar-refractivity contribution in [1.29, 1.82) is 0 Å². The van der Waals surface area contributed by atoms with E-state index in [1.165, 1.54) is 13.2 Å². The summed E-state index contributed by atoms with van der Waals surface area (Å²) < 4.78 is 18.9. The first-order chi connectivity index (χ1) is 9.13. The molecule has 1 N–H and O–H groups in total. The number of nitrogens with one attached hydrogen (secondary N) is 1. The second-order valence-electron chi connectivity index (χ2n) is 4.39. The lowest BCUT2D eigenvalue weighted by atomic mass is 10.0. The molecule has 1 heterocycles. The van der Waals surface area contributed by atoms with Gasteiger partial charge in [0.1, 0.15) is 11.9 Å². The van der Waals surface area contributed by atoms with E-state index in [1.807, 2.05) is 4.90 Å². The Bertz CT molecular complexity index is 464. The first kappa shape index (κ1) is 14.4. The quantitative estimate of drug-likeness (QED) is 0.857. The van der Waals surface area contributed by atoms with E-state index < -0.39 is 6.04 Å². The number of benzene rings is 1. The molecule has 19 heavy (non-hydrogen) atoms. The summed E-state index contributed by atoms with van der Waals surface area (Å²) >= 11 is 3.11. The van der Waals surface area contributed by atoms with Gasteiger partial charge in [0.05, 0.1) is 11.6 Å². The van der Waals surface area contributed by atoms with Gasteiger partial charge >= 0.3 is 5.97 Å². The summed E-state index contributed by atoms with van der Waals surface area (Å²) in [6.45, 7) is 3.09. The topological polar surface area (TPSA) is 41.6 Å². The molecule has 0 radical (unpaired) electrons. The number of carbonyl (C=O) groups excluding carboxylic acids is 1. The highest BCUT2D eigenvalue weighted by Gasteiger charge is 2.29. The number of esters is 1. The van der Waals surface area contributed by atoms with E-state index in [1.54, 1.807) is 12.1 Å². The van der Waals surface area contributed by atoms with Gasteiger partial charge in [-0.15, -0.1) is 0 Å². The molecule has 1 aliphatic rings. The van der Waals surface area contributed by atoms with Crippen molar-refractivity contribution in [3.8, 4) is 0 Å². The van der Waals surface area contributed by atoms with Gasteiger partial charge in [0, 0.05) is 26.2 Å². The number of hydrogen-bond acceptors (Lipinski definition) is 4. The van der Waals surface area contributed by atoms with Gasteiger partial charge < -0.3 is 10.1 Å². The summed E-state index contributed by atoms with van der Waals surface area (Å²) in [6.07, 6.45) is 0. The van der Waals surface area contributed by atoms with Crippen LogP contribution in [0.2, 0.25) is 0 Å². The molecular weight excluding hydrogens is 315 g/mol. The van der Waals surface area contributed by atoms with Crippen molar-refractivity contribution in [3.63, 3.8) is 0 Å². The Kier molecular flexibility index (Phi) is 4.90. The van der Waals surface area contributed by atoms with E-state index >= 15 is 0 Å². The fraction of sp³-hybridized carbons (Fsp3) is 0.462. The third kappa shape index (κ3) is 3.32. The van der Waals surface area contributed by atoms with Crippen LogP contribution in [0.3, 0.4) is 0 Å². The minimum Gasteiger partial charge on any atom is -0.468 e. The van der Waals surface area contributed by atoms with Crippen LogP contribution in [0, 0.1) is 5.82 Å². The zero-order chi connectivity index (χ0) is 13.8. The van der Waals surface area contributed by atoms with Crippen molar-refractivity contribution in [1.82, 2.24) is 10.2 Å². The Labute approximate surface area is 120 Å². The van der Waals surface area contributed by atoms with Crippen molar-refractivity contribution in [2.75, 3.05) is 33.3 Å². The molecule has 1 atom stereocenters. The van der Waals surface area contributed by atoms with Crippen LogP contribution in [-0.2, 0) is 9.53 Å². The molecular formula is C13H16BrFN2O2. The normalized spacial score (nSPS) is 18.1. The summed E-state index contributed by atoms with van der Waals surface area (Å²) in [5.41, 5.74) is 0.620. The molecule has 1 aromatic carbocycles. The van der Waals surface area contributed by atoms with Crippen LogP contribution in [0.1, 0.15) is 11.6 Å². The summed E-state index contributed by atoms with van der Waals surface area (Å²) in [7, 11) is 1.35. The van der Waals surface area contributed by atoms with Gasteiger partial charge in [0.25, 0.3) is 0 Å². The number of nitrogens with zero attached hydrogens (tertiary/aromatic N) is 1. The molecule has 4 nitrogen and oxygen atoms in total. The predicted octanol–water partition coefficient (Wildman–Crippen LogP) is 1.71. The molecule has 0 saturated carbocycles. The van der Waals surface area contributed by atoms with Crippen LogP contribution >= 0.6 is 15.9 Å². The maximum atomic E-state index is 13.6. The fourth-order valence-electron chi connectivity index (χ4n) is 2.23. The number of ether oxygens (including phenoxy) is 1. The average molecular weight is 331 g/mol. The van der Waals surface area contributed by atoms with Gasteiger partial charge in [-0.3, -0.25) is 4.90 Å². The molecule has 0 spiro atoms. The smallest absolute Gasteiger partial charge is 0.327 e. The third-order valence-corrected chi connectivity index (χ3v) is 3.84. The molecule has 1 aliphatic heterocycles. The molecule has 1 saturated heterocycles. The lowest BCUT2D eigenvalue weighted by Gasteiger charge is -2.33. The molecule has 1 unspecified atom stereocenters. The van der Waals surface area contributed by atoms with Gasteiger partial charge in [-0.25, -0.2) is 9.18 Å². The van der Waals surface area contributed by atoms with Crippen LogP contribution in [0.5, 0.6) is 0 Å². The van der Waals surface area contributed by atoms with Gasteiger partial charge in [0.2, 0.25) is 0 Å². The molecule has 0 aromatic heterocycles. The van der Waals surface area contributed by atoms with Crippen molar-refractivity contribution in [2.45, 2.75) is 6.04 Å². The van der Waals surface area contributed by atoms with Crippen LogP contribution in [0.15, 0.2) is 22.7 Å². The van der Waals surface area contributed by atoms with E-state index in [0.717, 1.165) is 26.2 Å². The van der Waals surface area contributed by atoms with Crippen molar-refractivity contribution in [3.05, 3.63) is 34.1 Å². The van der Waals surface area contributed by atoms with Crippen LogP contribution < -0.4 is 5.32 Å². The monoisotopic (exact) mass is 330 g/mol. The molecule has 2 rings (SSSR count). The van der Waals surface area contributed by atoms with Crippen molar-refractivity contribution >= 4 is 21.9 Å². The van der Waals surface area contributed by atoms with E-state index in [0.29, 0.717) is 10.0 Å². The average Bonchev–Trinajstić information content (AvgIpc) is 2.44. The standard InChI is InChI=1S/C13H16BrFN2O2/c1-19-13(18)12(17-6-4-16-5-7-17)9-2-3-10(14)11(15)8-9/h2-3,8,12,16H,4-7H2,1H3. The van der Waals surface area contributed by atoms with Gasteiger partial charge in [-0.1, -0.05) is 6.07 Å². The summed E-state index contributed by atoms with van der Waals surface area (Å²) in [4.78, 5) is 14.0. The second-order valence-corrected chi connectivity index (χ2v) is 5.24. The highest BCUT2D eigenvalue weighted by Crippen LogP contribution is 2.26. The summed E-state index contributed by atoms with van der Waals surface area (Å²) in [5.74, 6) is -0.731. The Morgan fingerprint density at radius 3 is 2.74 bits per heavy atom. The van der Waals surface area contributed by atoms with E-state index in [-0.39, 0.29) is 11.8 Å². The van der Waals surface area contributed by atoms with Crippen molar-refractivity contribution in [2.24, 2.45) is 0 Å². The van der Waals surface area contributed by atoms with E-state index in [4.69, 9.17) is 4.74 Å². The highest BCUT2D eigenvalue weighted by atomic mass is 79.9. The lowest BCUT2D eigenvalue weighted by Crippen LogP contribution is -2.47. The van der Waals surface area contributed by atoms with Crippen molar-refractivity contribution < 1.29 is 13.9 Å². The number of methoxy groups -OCH3 is 1. The third-order valence-electron chi connectivity index (χ3n) is 3.20. The van der Waals surface area contributed by atoms with Gasteiger partial charge in [-0.2, -0.15) is 0 Å². The SMILES string of the molecule is COC(=O)C(c1ccc(Br)c(F)c1)N1CCNCC1.